The molecule has 0 aliphatic carbocycles. The van der Waals surface area contributed by atoms with Crippen molar-refractivity contribution >= 4 is 19.8 Å². The third kappa shape index (κ3) is 41.2. The van der Waals surface area contributed by atoms with Gasteiger partial charge in [0.15, 0.2) is 6.10 Å². The molecule has 0 aliphatic rings. The monoisotopic (exact) mass is 793 g/mol. The van der Waals surface area contributed by atoms with Crippen molar-refractivity contribution in [3.8, 4) is 0 Å². The molecule has 0 saturated carbocycles. The number of hydrogen-bond acceptors (Lipinski definition) is 7. The minimum atomic E-state index is -4.27. The van der Waals surface area contributed by atoms with Crippen LogP contribution in [0.4, 0.5) is 0 Å². The standard InChI is InChI=1S/C46H81O8P/c1-4-6-8-10-12-14-16-18-20-22-23-25-26-28-30-32-34-36-38-40-45(47)52-42-44(43-53-55(49,50)51-3)54-46(48)41-39-37-35-33-31-29-27-24-21-19-17-15-13-11-9-7-5-2/h7,9,12-15,18-21,44H,4-6,8,10-11,16-17,22-43H2,1-3H3,(H,49,50)/b9-7-,14-12-,15-13-,20-18-,21-19-. The molecule has 0 spiro atoms. The van der Waals surface area contributed by atoms with Gasteiger partial charge < -0.3 is 14.4 Å². The topological polar surface area (TPSA) is 108 Å². The summed E-state index contributed by atoms with van der Waals surface area (Å²) >= 11 is 0. The maximum absolute atomic E-state index is 12.5. The predicted octanol–water partition coefficient (Wildman–Crippen LogP) is 13.9. The van der Waals surface area contributed by atoms with E-state index in [1.807, 2.05) is 0 Å². The number of rotatable bonds is 40. The van der Waals surface area contributed by atoms with Crippen molar-refractivity contribution < 1.29 is 37.6 Å². The summed E-state index contributed by atoms with van der Waals surface area (Å²) < 4.78 is 32.0. The van der Waals surface area contributed by atoms with Crippen LogP contribution in [0.3, 0.4) is 0 Å². The zero-order valence-electron chi connectivity index (χ0n) is 35.3. The van der Waals surface area contributed by atoms with Crippen LogP contribution in [0.2, 0.25) is 0 Å². The first-order valence-corrected chi connectivity index (χ1v) is 23.5. The van der Waals surface area contributed by atoms with Crippen LogP contribution in [-0.2, 0) is 32.7 Å². The van der Waals surface area contributed by atoms with Gasteiger partial charge in [-0.2, -0.15) is 0 Å². The van der Waals surface area contributed by atoms with Crippen LogP contribution < -0.4 is 0 Å². The van der Waals surface area contributed by atoms with Gasteiger partial charge in [-0.05, 0) is 77.0 Å². The van der Waals surface area contributed by atoms with Crippen molar-refractivity contribution in [2.24, 2.45) is 0 Å². The molecule has 0 aromatic rings. The second-order valence-corrected chi connectivity index (χ2v) is 16.0. The van der Waals surface area contributed by atoms with Gasteiger partial charge in [-0.15, -0.1) is 0 Å². The lowest BCUT2D eigenvalue weighted by Gasteiger charge is -2.19. The Bertz CT molecular complexity index is 1080. The molecule has 0 rings (SSSR count). The fraction of sp³-hybridized carbons (Fsp3) is 0.739. The normalized spacial score (nSPS) is 13.9. The van der Waals surface area contributed by atoms with Gasteiger partial charge in [0, 0.05) is 20.0 Å². The highest BCUT2D eigenvalue weighted by molar-refractivity contribution is 7.47. The van der Waals surface area contributed by atoms with Crippen LogP contribution in [-0.4, -0.2) is 43.3 Å². The molecule has 0 heterocycles. The van der Waals surface area contributed by atoms with Gasteiger partial charge in [0.2, 0.25) is 0 Å². The fourth-order valence-electron chi connectivity index (χ4n) is 5.88. The lowest BCUT2D eigenvalue weighted by atomic mass is 10.1. The number of ether oxygens (including phenoxy) is 2. The smallest absolute Gasteiger partial charge is 0.462 e. The average molecular weight is 793 g/mol. The van der Waals surface area contributed by atoms with Crippen molar-refractivity contribution in [2.75, 3.05) is 20.3 Å². The number of esters is 2. The number of hydrogen-bond donors (Lipinski definition) is 1. The molecule has 0 amide bonds. The molecule has 0 bridgehead atoms. The Balaban J connectivity index is 4.00. The second kappa shape index (κ2) is 41.4. The molecular weight excluding hydrogens is 711 g/mol. The molecular formula is C46H81O8P. The number of allylic oxidation sites excluding steroid dienone is 10. The van der Waals surface area contributed by atoms with Crippen molar-refractivity contribution in [1.29, 1.82) is 0 Å². The van der Waals surface area contributed by atoms with Gasteiger partial charge in [0.1, 0.15) is 6.61 Å². The summed E-state index contributed by atoms with van der Waals surface area (Å²) in [4.78, 5) is 34.5. The van der Waals surface area contributed by atoms with Gasteiger partial charge in [-0.1, -0.05) is 164 Å². The first-order valence-electron chi connectivity index (χ1n) is 22.0. The molecule has 0 saturated heterocycles. The summed E-state index contributed by atoms with van der Waals surface area (Å²) in [6, 6.07) is 0. The Labute approximate surface area is 337 Å². The molecule has 55 heavy (non-hydrogen) atoms. The van der Waals surface area contributed by atoms with Gasteiger partial charge in [-0.25, -0.2) is 4.57 Å². The zero-order valence-corrected chi connectivity index (χ0v) is 36.2. The van der Waals surface area contributed by atoms with Crippen molar-refractivity contribution in [2.45, 2.75) is 200 Å². The Morgan fingerprint density at radius 1 is 0.527 bits per heavy atom. The SMILES string of the molecule is CC/C=C\C/C=C\C/C=C\CCCCCCCCCC(=O)OC(COC(=O)CCCCCCCCCCC/C=C\C/C=C\CCCCC)COP(=O)(O)OC. The number of phosphoric acid groups is 1. The van der Waals surface area contributed by atoms with Crippen molar-refractivity contribution in [1.82, 2.24) is 0 Å². The van der Waals surface area contributed by atoms with Crippen LogP contribution in [0, 0.1) is 0 Å². The van der Waals surface area contributed by atoms with E-state index in [0.29, 0.717) is 6.42 Å². The maximum atomic E-state index is 12.5. The lowest BCUT2D eigenvalue weighted by molar-refractivity contribution is -0.161. The zero-order chi connectivity index (χ0) is 40.3. The van der Waals surface area contributed by atoms with E-state index in [2.05, 4.69) is 79.1 Å². The lowest BCUT2D eigenvalue weighted by Crippen LogP contribution is -2.29. The first-order chi connectivity index (χ1) is 26.8. The van der Waals surface area contributed by atoms with Crippen molar-refractivity contribution in [3.63, 3.8) is 0 Å². The molecule has 1 N–H and O–H groups in total. The number of carbonyl (C=O) groups is 2. The summed E-state index contributed by atoms with van der Waals surface area (Å²) in [5.41, 5.74) is 0. The van der Waals surface area contributed by atoms with Gasteiger partial charge in [0.05, 0.1) is 6.61 Å². The molecule has 8 nitrogen and oxygen atoms in total. The molecule has 2 atom stereocenters. The molecule has 9 heteroatoms. The second-order valence-electron chi connectivity index (χ2n) is 14.4. The highest BCUT2D eigenvalue weighted by atomic mass is 31.2. The summed E-state index contributed by atoms with van der Waals surface area (Å²) in [5, 5.41) is 0. The van der Waals surface area contributed by atoms with Gasteiger partial charge in [-0.3, -0.25) is 18.6 Å². The highest BCUT2D eigenvalue weighted by Gasteiger charge is 2.24. The first kappa shape index (κ1) is 52.8. The Morgan fingerprint density at radius 3 is 1.38 bits per heavy atom. The van der Waals surface area contributed by atoms with E-state index in [1.54, 1.807) is 0 Å². The van der Waals surface area contributed by atoms with Crippen molar-refractivity contribution in [3.05, 3.63) is 60.8 Å². The Kier molecular flexibility index (Phi) is 39.7. The maximum Gasteiger partial charge on any atom is 0.472 e. The largest absolute Gasteiger partial charge is 0.472 e. The van der Waals surface area contributed by atoms with Gasteiger partial charge >= 0.3 is 19.8 Å². The fourth-order valence-corrected chi connectivity index (χ4v) is 6.34. The highest BCUT2D eigenvalue weighted by Crippen LogP contribution is 2.42. The van der Waals surface area contributed by atoms with E-state index in [9.17, 15) is 19.0 Å². The third-order valence-corrected chi connectivity index (χ3v) is 10.2. The quantitative estimate of drug-likeness (QED) is 0.0283. The van der Waals surface area contributed by atoms with Crippen LogP contribution >= 0.6 is 7.82 Å². The minimum Gasteiger partial charge on any atom is -0.462 e. The molecule has 0 radical (unpaired) electrons. The van der Waals surface area contributed by atoms with Crippen LogP contribution in [0.5, 0.6) is 0 Å². The molecule has 2 unspecified atom stereocenters. The van der Waals surface area contributed by atoms with Gasteiger partial charge in [0.25, 0.3) is 0 Å². The van der Waals surface area contributed by atoms with Crippen LogP contribution in [0.1, 0.15) is 194 Å². The van der Waals surface area contributed by atoms with E-state index < -0.39 is 26.5 Å². The Hall–Kier alpha value is -2.25. The molecule has 0 aliphatic heterocycles. The van der Waals surface area contributed by atoms with Crippen LogP contribution in [0.15, 0.2) is 60.8 Å². The van der Waals surface area contributed by atoms with E-state index in [-0.39, 0.29) is 25.4 Å². The third-order valence-electron chi connectivity index (χ3n) is 9.25. The van der Waals surface area contributed by atoms with E-state index in [0.717, 1.165) is 77.7 Å². The molecule has 0 aromatic carbocycles. The average Bonchev–Trinajstić information content (AvgIpc) is 3.18. The van der Waals surface area contributed by atoms with Crippen LogP contribution in [0.25, 0.3) is 0 Å². The number of unbranched alkanes of at least 4 members (excludes halogenated alkanes) is 19. The Morgan fingerprint density at radius 2 is 0.927 bits per heavy atom. The van der Waals surface area contributed by atoms with E-state index in [4.69, 9.17) is 14.0 Å². The van der Waals surface area contributed by atoms with E-state index >= 15 is 0 Å². The summed E-state index contributed by atoms with van der Waals surface area (Å²) in [6.45, 7) is 3.75. The van der Waals surface area contributed by atoms with E-state index in [1.165, 1.54) is 89.9 Å². The number of carbonyl (C=O) groups excluding carboxylic acids is 2. The number of phosphoric ester groups is 1. The summed E-state index contributed by atoms with van der Waals surface area (Å²) in [7, 11) is -3.21. The molecule has 0 aromatic heterocycles. The summed E-state index contributed by atoms with van der Waals surface area (Å²) in [5.74, 6) is -0.821. The minimum absolute atomic E-state index is 0.231. The molecule has 0 fully saturated rings. The predicted molar refractivity (Wildman–Crippen MR) is 230 cm³/mol. The molecule has 318 valence electrons. The summed E-state index contributed by atoms with van der Waals surface area (Å²) in [6.07, 6.45) is 51.2.